The predicted molar refractivity (Wildman–Crippen MR) is 121 cm³/mol. The van der Waals surface area contributed by atoms with E-state index in [9.17, 15) is 14.7 Å². The molecule has 0 unspecified atom stereocenters. The second kappa shape index (κ2) is 7.24. The molecule has 5 nitrogen and oxygen atoms in total. The van der Waals surface area contributed by atoms with Gasteiger partial charge in [0, 0.05) is 10.8 Å². The van der Waals surface area contributed by atoms with Crippen molar-refractivity contribution in [1.29, 1.82) is 0 Å². The van der Waals surface area contributed by atoms with Gasteiger partial charge in [-0.3, -0.25) is 5.32 Å². The molecule has 158 valence electrons. The third kappa shape index (κ3) is 3.22. The fraction of sp³-hybridized carbons (Fsp3) is 0.280. The largest absolute Gasteiger partial charge is 0.478 e. The SMILES string of the molecule is CC1(C)CCc2sc(NC(=O)OCC3c4ccccc4-c4ccccc43)c(C(=O)O)c21. The van der Waals surface area contributed by atoms with Crippen LogP contribution in [0.3, 0.4) is 0 Å². The van der Waals surface area contributed by atoms with E-state index in [0.717, 1.165) is 45.5 Å². The van der Waals surface area contributed by atoms with Crippen LogP contribution in [0, 0.1) is 0 Å². The number of nitrogens with one attached hydrogen (secondary N) is 1. The summed E-state index contributed by atoms with van der Waals surface area (Å²) in [5, 5.41) is 12.9. The minimum atomic E-state index is -1.01. The molecule has 3 aromatic rings. The van der Waals surface area contributed by atoms with Gasteiger partial charge in [0.05, 0.1) is 5.56 Å². The van der Waals surface area contributed by atoms with Crippen LogP contribution in [-0.2, 0) is 16.6 Å². The molecule has 0 saturated heterocycles. The molecular formula is C25H23NO4S. The second-order valence-electron chi connectivity index (χ2n) is 8.74. The summed E-state index contributed by atoms with van der Waals surface area (Å²) >= 11 is 1.35. The molecule has 0 radical (unpaired) electrons. The van der Waals surface area contributed by atoms with Crippen molar-refractivity contribution < 1.29 is 19.4 Å². The molecule has 2 aliphatic rings. The lowest BCUT2D eigenvalue weighted by Gasteiger charge is -2.19. The van der Waals surface area contributed by atoms with E-state index in [2.05, 4.69) is 43.4 Å². The highest BCUT2D eigenvalue weighted by Crippen LogP contribution is 2.48. The molecule has 2 aromatic carbocycles. The molecule has 0 spiro atoms. The number of ether oxygens (including phenoxy) is 1. The maximum atomic E-state index is 12.6. The minimum absolute atomic E-state index is 0.0376. The smallest absolute Gasteiger partial charge is 0.412 e. The van der Waals surface area contributed by atoms with Crippen molar-refractivity contribution >= 4 is 28.4 Å². The third-order valence-corrected chi connectivity index (χ3v) is 7.57. The van der Waals surface area contributed by atoms with Gasteiger partial charge in [-0.15, -0.1) is 11.3 Å². The van der Waals surface area contributed by atoms with Gasteiger partial charge in [0.25, 0.3) is 0 Å². The van der Waals surface area contributed by atoms with Crippen molar-refractivity contribution in [2.45, 2.75) is 38.0 Å². The highest BCUT2D eigenvalue weighted by molar-refractivity contribution is 7.17. The average molecular weight is 434 g/mol. The van der Waals surface area contributed by atoms with Crippen molar-refractivity contribution in [1.82, 2.24) is 0 Å². The van der Waals surface area contributed by atoms with E-state index < -0.39 is 12.1 Å². The van der Waals surface area contributed by atoms with E-state index in [1.54, 1.807) is 0 Å². The number of hydrogen-bond acceptors (Lipinski definition) is 4. The van der Waals surface area contributed by atoms with Gasteiger partial charge in [0.1, 0.15) is 11.6 Å². The summed E-state index contributed by atoms with van der Waals surface area (Å²) in [4.78, 5) is 25.6. The lowest BCUT2D eigenvalue weighted by Crippen LogP contribution is -2.20. The van der Waals surface area contributed by atoms with Gasteiger partial charge >= 0.3 is 12.1 Å². The Bertz CT molecular complexity index is 1160. The molecule has 31 heavy (non-hydrogen) atoms. The number of thiophene rings is 1. The van der Waals surface area contributed by atoms with E-state index in [1.807, 2.05) is 24.3 Å². The van der Waals surface area contributed by atoms with Crippen LogP contribution in [0.25, 0.3) is 11.1 Å². The Kier molecular flexibility index (Phi) is 4.63. The number of benzene rings is 2. The van der Waals surface area contributed by atoms with Crippen molar-refractivity contribution in [2.24, 2.45) is 0 Å². The van der Waals surface area contributed by atoms with Gasteiger partial charge in [-0.25, -0.2) is 9.59 Å². The number of hydrogen-bond donors (Lipinski definition) is 2. The first-order valence-corrected chi connectivity index (χ1v) is 11.2. The highest BCUT2D eigenvalue weighted by Gasteiger charge is 2.38. The fourth-order valence-electron chi connectivity index (χ4n) is 4.94. The molecule has 1 aromatic heterocycles. The summed E-state index contributed by atoms with van der Waals surface area (Å²) < 4.78 is 5.59. The van der Waals surface area contributed by atoms with Gasteiger partial charge in [-0.2, -0.15) is 0 Å². The number of aromatic carboxylic acids is 1. The lowest BCUT2D eigenvalue weighted by atomic mass is 9.85. The molecule has 1 heterocycles. The zero-order valence-corrected chi connectivity index (χ0v) is 18.2. The zero-order valence-electron chi connectivity index (χ0n) is 17.4. The van der Waals surface area contributed by atoms with Gasteiger partial charge in [-0.05, 0) is 46.1 Å². The molecule has 0 bridgehead atoms. The second-order valence-corrected chi connectivity index (χ2v) is 9.85. The van der Waals surface area contributed by atoms with E-state index >= 15 is 0 Å². The van der Waals surface area contributed by atoms with E-state index in [0.29, 0.717) is 5.00 Å². The first-order chi connectivity index (χ1) is 14.9. The number of carboxylic acids is 1. The van der Waals surface area contributed by atoms with Crippen LogP contribution in [0.1, 0.15) is 58.1 Å². The Hall–Kier alpha value is -3.12. The summed E-state index contributed by atoms with van der Waals surface area (Å²) in [7, 11) is 0. The Morgan fingerprint density at radius 1 is 1.10 bits per heavy atom. The number of fused-ring (bicyclic) bond motifs is 4. The summed E-state index contributed by atoms with van der Waals surface area (Å²) in [5.41, 5.74) is 5.45. The van der Waals surface area contributed by atoms with Crippen LogP contribution in [-0.4, -0.2) is 23.8 Å². The van der Waals surface area contributed by atoms with Crippen LogP contribution in [0.2, 0.25) is 0 Å². The van der Waals surface area contributed by atoms with Crippen molar-refractivity contribution in [3.8, 4) is 11.1 Å². The van der Waals surface area contributed by atoms with Crippen LogP contribution < -0.4 is 5.32 Å². The maximum Gasteiger partial charge on any atom is 0.412 e. The van der Waals surface area contributed by atoms with Crippen LogP contribution in [0.15, 0.2) is 48.5 Å². The molecule has 6 heteroatoms. The molecule has 0 atom stereocenters. The molecule has 2 N–H and O–H groups in total. The number of carboxylic acid groups (broad SMARTS) is 1. The zero-order chi connectivity index (χ0) is 21.8. The first-order valence-electron chi connectivity index (χ1n) is 10.4. The summed E-state index contributed by atoms with van der Waals surface area (Å²) in [5.74, 6) is -1.05. The Labute approximate surface area is 184 Å². The molecule has 0 saturated carbocycles. The molecule has 1 amide bonds. The molecule has 0 fully saturated rings. The minimum Gasteiger partial charge on any atom is -0.478 e. The molecule has 2 aliphatic carbocycles. The number of rotatable bonds is 4. The lowest BCUT2D eigenvalue weighted by molar-refractivity contribution is 0.0696. The van der Waals surface area contributed by atoms with Gasteiger partial charge < -0.3 is 9.84 Å². The predicted octanol–water partition coefficient (Wildman–Crippen LogP) is 6.03. The quantitative estimate of drug-likeness (QED) is 0.527. The molecular weight excluding hydrogens is 410 g/mol. The summed E-state index contributed by atoms with van der Waals surface area (Å²) in [6.07, 6.45) is 1.13. The van der Waals surface area contributed by atoms with E-state index in [-0.39, 0.29) is 23.5 Å². The maximum absolute atomic E-state index is 12.6. The third-order valence-electron chi connectivity index (χ3n) is 6.41. The highest BCUT2D eigenvalue weighted by atomic mass is 32.1. The van der Waals surface area contributed by atoms with Crippen LogP contribution in [0.5, 0.6) is 0 Å². The first kappa shape index (κ1) is 19.8. The van der Waals surface area contributed by atoms with Crippen molar-refractivity contribution in [3.05, 3.63) is 75.7 Å². The van der Waals surface area contributed by atoms with E-state index in [1.165, 1.54) is 11.3 Å². The number of amides is 1. The van der Waals surface area contributed by atoms with Crippen molar-refractivity contribution in [3.63, 3.8) is 0 Å². The topological polar surface area (TPSA) is 75.6 Å². The standard InChI is InChI=1S/C25H23NO4S/c1-25(2)12-11-19-21(25)20(23(27)28)22(31-19)26-24(29)30-13-18-16-9-5-3-7-14(16)15-8-4-6-10-17(15)18/h3-10,18H,11-13H2,1-2H3,(H,26,29)(H,27,28). The van der Waals surface area contributed by atoms with E-state index in [4.69, 9.17) is 4.74 Å². The molecule has 5 rings (SSSR count). The Balaban J connectivity index is 1.36. The number of aryl methyl sites for hydroxylation is 1. The number of carbonyl (C=O) groups excluding carboxylic acids is 1. The fourth-order valence-corrected chi connectivity index (χ4v) is 6.30. The van der Waals surface area contributed by atoms with Gasteiger partial charge in [-0.1, -0.05) is 62.4 Å². The summed E-state index contributed by atoms with van der Waals surface area (Å²) in [6.45, 7) is 4.29. The number of carbonyl (C=O) groups is 2. The Morgan fingerprint density at radius 2 is 1.71 bits per heavy atom. The number of anilines is 1. The Morgan fingerprint density at radius 3 is 2.32 bits per heavy atom. The van der Waals surface area contributed by atoms with Gasteiger partial charge in [0.15, 0.2) is 0 Å². The van der Waals surface area contributed by atoms with Crippen LogP contribution >= 0.6 is 11.3 Å². The van der Waals surface area contributed by atoms with Gasteiger partial charge in [0.2, 0.25) is 0 Å². The van der Waals surface area contributed by atoms with Crippen molar-refractivity contribution in [2.75, 3.05) is 11.9 Å². The van der Waals surface area contributed by atoms with Crippen LogP contribution in [0.4, 0.5) is 9.80 Å². The molecule has 0 aliphatic heterocycles. The normalized spacial score (nSPS) is 15.8. The monoisotopic (exact) mass is 433 g/mol. The average Bonchev–Trinajstić information content (AvgIpc) is 3.36. The summed E-state index contributed by atoms with van der Waals surface area (Å²) in [6, 6.07) is 16.3.